The number of nitrogen functional groups attached to an aromatic ring is 1. The lowest BCUT2D eigenvalue weighted by Crippen LogP contribution is -1.94. The van der Waals surface area contributed by atoms with Gasteiger partial charge in [-0.1, -0.05) is 0 Å². The third-order valence-electron chi connectivity index (χ3n) is 1.78. The average molecular weight is 175 g/mol. The highest BCUT2D eigenvalue weighted by Crippen LogP contribution is 2.20. The molecule has 0 atom stereocenters. The van der Waals surface area contributed by atoms with Gasteiger partial charge < -0.3 is 10.5 Å². The maximum atomic E-state index is 5.75. The molecule has 0 saturated carbocycles. The molecule has 0 unspecified atom stereocenters. The van der Waals surface area contributed by atoms with E-state index < -0.39 is 0 Å². The molecule has 0 fully saturated rings. The van der Waals surface area contributed by atoms with Crippen LogP contribution in [0.15, 0.2) is 24.4 Å². The van der Waals surface area contributed by atoms with E-state index in [4.69, 9.17) is 10.5 Å². The molecule has 0 bridgehead atoms. The summed E-state index contributed by atoms with van der Waals surface area (Å²) in [5.74, 6) is 0.512. The lowest BCUT2D eigenvalue weighted by molar-refractivity contribution is 0.400. The Hall–Kier alpha value is -1.84. The fourth-order valence-electron chi connectivity index (χ4n) is 1.17. The van der Waals surface area contributed by atoms with Gasteiger partial charge in [-0.2, -0.15) is 0 Å². The van der Waals surface area contributed by atoms with E-state index in [9.17, 15) is 0 Å². The van der Waals surface area contributed by atoms with Crippen molar-refractivity contribution in [3.63, 3.8) is 0 Å². The van der Waals surface area contributed by atoms with Gasteiger partial charge in [-0.05, 0) is 12.1 Å². The molecule has 0 aliphatic rings. The molecule has 0 aliphatic carbocycles. The van der Waals surface area contributed by atoms with Crippen LogP contribution in [0.2, 0.25) is 0 Å². The number of ether oxygens (including phenoxy) is 1. The van der Waals surface area contributed by atoms with E-state index >= 15 is 0 Å². The third kappa shape index (κ3) is 1.26. The molecule has 0 saturated heterocycles. The summed E-state index contributed by atoms with van der Waals surface area (Å²) in [4.78, 5) is 8.30. The molecule has 0 aromatic carbocycles. The van der Waals surface area contributed by atoms with Crippen LogP contribution in [-0.4, -0.2) is 17.1 Å². The maximum Gasteiger partial charge on any atom is 0.215 e. The number of rotatable bonds is 1. The van der Waals surface area contributed by atoms with Crippen LogP contribution in [0.5, 0.6) is 5.88 Å². The van der Waals surface area contributed by atoms with E-state index in [2.05, 4.69) is 9.97 Å². The van der Waals surface area contributed by atoms with Gasteiger partial charge in [-0.3, -0.25) is 4.98 Å². The second-order valence-corrected chi connectivity index (χ2v) is 2.62. The molecule has 66 valence electrons. The molecular weight excluding hydrogens is 166 g/mol. The minimum atomic E-state index is 0.512. The van der Waals surface area contributed by atoms with E-state index in [1.807, 2.05) is 12.1 Å². The van der Waals surface area contributed by atoms with Gasteiger partial charge in [0.05, 0.1) is 18.3 Å². The first-order valence-electron chi connectivity index (χ1n) is 3.86. The number of hydrogen-bond acceptors (Lipinski definition) is 4. The second kappa shape index (κ2) is 2.90. The summed E-state index contributed by atoms with van der Waals surface area (Å²) in [5, 5.41) is 0. The molecule has 0 radical (unpaired) electrons. The Morgan fingerprint density at radius 3 is 3.08 bits per heavy atom. The summed E-state index contributed by atoms with van der Waals surface area (Å²) in [6, 6.07) is 5.32. The van der Waals surface area contributed by atoms with Gasteiger partial charge in [0.2, 0.25) is 5.88 Å². The Labute approximate surface area is 75.4 Å². The smallest absolute Gasteiger partial charge is 0.215 e. The lowest BCUT2D eigenvalue weighted by Gasteiger charge is -2.03. The molecule has 0 spiro atoms. The number of nitrogens with two attached hydrogens (primary N) is 1. The first-order chi connectivity index (χ1) is 6.31. The van der Waals surface area contributed by atoms with Gasteiger partial charge in [0.1, 0.15) is 5.52 Å². The molecule has 0 amide bonds. The normalized spacial score (nSPS) is 10.2. The van der Waals surface area contributed by atoms with Crippen molar-refractivity contribution in [3.05, 3.63) is 24.4 Å². The van der Waals surface area contributed by atoms with Crippen LogP contribution in [0.4, 0.5) is 5.69 Å². The van der Waals surface area contributed by atoms with Crippen LogP contribution < -0.4 is 10.5 Å². The molecule has 2 N–H and O–H groups in total. The SMILES string of the molecule is COc1cc(N)c2ncccc2n1. The van der Waals surface area contributed by atoms with E-state index in [0.29, 0.717) is 17.1 Å². The first-order valence-corrected chi connectivity index (χ1v) is 3.86. The third-order valence-corrected chi connectivity index (χ3v) is 1.78. The van der Waals surface area contributed by atoms with Crippen molar-refractivity contribution in [2.45, 2.75) is 0 Å². The molecule has 13 heavy (non-hydrogen) atoms. The van der Waals surface area contributed by atoms with Crippen LogP contribution in [0, 0.1) is 0 Å². The van der Waals surface area contributed by atoms with E-state index in [0.717, 1.165) is 5.52 Å². The summed E-state index contributed by atoms with van der Waals surface area (Å²) in [5.41, 5.74) is 7.80. The van der Waals surface area contributed by atoms with Crippen molar-refractivity contribution in [1.29, 1.82) is 0 Å². The van der Waals surface area contributed by atoms with Gasteiger partial charge >= 0.3 is 0 Å². The summed E-state index contributed by atoms with van der Waals surface area (Å²) in [6.07, 6.45) is 1.69. The van der Waals surface area contributed by atoms with Crippen molar-refractivity contribution in [2.24, 2.45) is 0 Å². The molecule has 4 heteroatoms. The predicted molar refractivity (Wildman–Crippen MR) is 50.5 cm³/mol. The van der Waals surface area contributed by atoms with Crippen LogP contribution in [0.1, 0.15) is 0 Å². The van der Waals surface area contributed by atoms with E-state index in [-0.39, 0.29) is 0 Å². The van der Waals surface area contributed by atoms with Crippen molar-refractivity contribution >= 4 is 16.7 Å². The molecular formula is C9H9N3O. The monoisotopic (exact) mass is 175 g/mol. The van der Waals surface area contributed by atoms with Crippen LogP contribution in [0.3, 0.4) is 0 Å². The fraction of sp³-hybridized carbons (Fsp3) is 0.111. The second-order valence-electron chi connectivity index (χ2n) is 2.62. The summed E-state index contributed by atoms with van der Waals surface area (Å²) in [6.45, 7) is 0. The van der Waals surface area contributed by atoms with Crippen molar-refractivity contribution in [1.82, 2.24) is 9.97 Å². The predicted octanol–water partition coefficient (Wildman–Crippen LogP) is 1.22. The lowest BCUT2D eigenvalue weighted by atomic mass is 10.3. The topological polar surface area (TPSA) is 61.0 Å². The zero-order valence-electron chi connectivity index (χ0n) is 7.19. The Balaban J connectivity index is 2.77. The number of methoxy groups -OCH3 is 1. The maximum absolute atomic E-state index is 5.75. The van der Waals surface area contributed by atoms with Crippen LogP contribution in [0.25, 0.3) is 11.0 Å². The number of aromatic nitrogens is 2. The summed E-state index contributed by atoms with van der Waals surface area (Å²) < 4.78 is 4.98. The zero-order valence-corrected chi connectivity index (χ0v) is 7.19. The minimum Gasteiger partial charge on any atom is -0.481 e. The van der Waals surface area contributed by atoms with E-state index in [1.165, 1.54) is 0 Å². The number of fused-ring (bicyclic) bond motifs is 1. The number of nitrogens with zero attached hydrogens (tertiary/aromatic N) is 2. The number of pyridine rings is 2. The zero-order chi connectivity index (χ0) is 9.26. The summed E-state index contributed by atoms with van der Waals surface area (Å²) in [7, 11) is 1.56. The molecule has 2 aromatic heterocycles. The Morgan fingerprint density at radius 1 is 1.46 bits per heavy atom. The van der Waals surface area contributed by atoms with E-state index in [1.54, 1.807) is 19.4 Å². The number of hydrogen-bond donors (Lipinski definition) is 1. The number of anilines is 1. The van der Waals surface area contributed by atoms with Gasteiger partial charge in [0.15, 0.2) is 0 Å². The van der Waals surface area contributed by atoms with Crippen molar-refractivity contribution in [3.8, 4) is 5.88 Å². The highest BCUT2D eigenvalue weighted by atomic mass is 16.5. The first kappa shape index (κ1) is 7.79. The fourth-order valence-corrected chi connectivity index (χ4v) is 1.17. The highest BCUT2D eigenvalue weighted by molar-refractivity contribution is 5.86. The molecule has 2 heterocycles. The molecule has 4 nitrogen and oxygen atoms in total. The Morgan fingerprint density at radius 2 is 2.31 bits per heavy atom. The molecule has 0 aliphatic heterocycles. The van der Waals surface area contributed by atoms with Gasteiger partial charge in [0, 0.05) is 12.3 Å². The van der Waals surface area contributed by atoms with Crippen molar-refractivity contribution in [2.75, 3.05) is 12.8 Å². The largest absolute Gasteiger partial charge is 0.481 e. The Kier molecular flexibility index (Phi) is 1.73. The Bertz CT molecular complexity index is 442. The quantitative estimate of drug-likeness (QED) is 0.707. The van der Waals surface area contributed by atoms with Gasteiger partial charge in [-0.25, -0.2) is 4.98 Å². The summed E-state index contributed by atoms with van der Waals surface area (Å²) >= 11 is 0. The van der Waals surface area contributed by atoms with Crippen molar-refractivity contribution < 1.29 is 4.74 Å². The van der Waals surface area contributed by atoms with Gasteiger partial charge in [-0.15, -0.1) is 0 Å². The minimum absolute atomic E-state index is 0.512. The standard InChI is InChI=1S/C9H9N3O/c1-13-8-5-6(10)9-7(12-8)3-2-4-11-9/h2-5H,1H3,(H2,10,12). The van der Waals surface area contributed by atoms with Gasteiger partial charge in [0.25, 0.3) is 0 Å². The van der Waals surface area contributed by atoms with Crippen LogP contribution >= 0.6 is 0 Å². The van der Waals surface area contributed by atoms with Crippen LogP contribution in [-0.2, 0) is 0 Å². The molecule has 2 rings (SSSR count). The highest BCUT2D eigenvalue weighted by Gasteiger charge is 2.02. The molecule has 2 aromatic rings. The average Bonchev–Trinajstić information content (AvgIpc) is 2.18.